The monoisotopic (exact) mass is 473 g/mol. The molecule has 1 aliphatic rings. The van der Waals surface area contributed by atoms with E-state index in [1.807, 2.05) is 47.4 Å². The molecular weight excluding hydrogens is 450 g/mol. The highest BCUT2D eigenvalue weighted by Gasteiger charge is 2.26. The van der Waals surface area contributed by atoms with E-state index in [-0.39, 0.29) is 5.91 Å². The summed E-state index contributed by atoms with van der Waals surface area (Å²) in [5, 5.41) is 5.43. The molecule has 0 N–H and O–H groups in total. The Morgan fingerprint density at radius 1 is 0.941 bits per heavy atom. The number of benzene rings is 3. The maximum absolute atomic E-state index is 13.8. The topological polar surface area (TPSA) is 56.6 Å². The Labute approximate surface area is 203 Å². The van der Waals surface area contributed by atoms with E-state index in [1.165, 1.54) is 11.1 Å². The van der Waals surface area contributed by atoms with Gasteiger partial charge in [0.2, 0.25) is 0 Å². The molecule has 0 unspecified atom stereocenters. The Bertz CT molecular complexity index is 1350. The van der Waals surface area contributed by atoms with Gasteiger partial charge in [0, 0.05) is 29.7 Å². The molecule has 1 aromatic heterocycles. The van der Waals surface area contributed by atoms with Crippen molar-refractivity contribution in [1.29, 1.82) is 0 Å². The number of carbonyl (C=O) groups is 1. The molecule has 0 radical (unpaired) electrons. The highest BCUT2D eigenvalue weighted by molar-refractivity contribution is 6.30. The number of halogens is 1. The van der Waals surface area contributed by atoms with Gasteiger partial charge in [0.15, 0.2) is 0 Å². The predicted octanol–water partition coefficient (Wildman–Crippen LogP) is 5.41. The van der Waals surface area contributed by atoms with Gasteiger partial charge in [-0.05, 0) is 60.0 Å². The summed E-state index contributed by atoms with van der Waals surface area (Å²) in [5.41, 5.74) is 5.11. The summed E-state index contributed by atoms with van der Waals surface area (Å²) in [6.45, 7) is 1.23. The first-order valence-corrected chi connectivity index (χ1v) is 11.4. The quantitative estimate of drug-likeness (QED) is 0.389. The van der Waals surface area contributed by atoms with Crippen LogP contribution >= 0.6 is 11.6 Å². The number of methoxy groups -OCH3 is 2. The number of aromatic nitrogens is 2. The molecule has 0 saturated carbocycles. The zero-order valence-electron chi connectivity index (χ0n) is 19.0. The van der Waals surface area contributed by atoms with E-state index in [9.17, 15) is 4.79 Å². The van der Waals surface area contributed by atoms with Crippen LogP contribution in [0.15, 0.2) is 72.8 Å². The highest BCUT2D eigenvalue weighted by atomic mass is 35.5. The third-order valence-electron chi connectivity index (χ3n) is 6.10. The van der Waals surface area contributed by atoms with Gasteiger partial charge in [-0.15, -0.1) is 0 Å². The Hall–Kier alpha value is -3.77. The van der Waals surface area contributed by atoms with Crippen LogP contribution < -0.4 is 9.47 Å². The number of amides is 1. The molecule has 1 amide bonds. The third-order valence-corrected chi connectivity index (χ3v) is 6.35. The molecule has 0 spiro atoms. The lowest BCUT2D eigenvalue weighted by atomic mass is 9.99. The Morgan fingerprint density at radius 2 is 1.71 bits per heavy atom. The third kappa shape index (κ3) is 4.13. The first kappa shape index (κ1) is 22.0. The molecule has 172 valence electrons. The summed E-state index contributed by atoms with van der Waals surface area (Å²) >= 11 is 6.11. The van der Waals surface area contributed by atoms with Gasteiger partial charge >= 0.3 is 0 Å². The van der Waals surface area contributed by atoms with Gasteiger partial charge < -0.3 is 14.4 Å². The van der Waals surface area contributed by atoms with Crippen molar-refractivity contribution < 1.29 is 14.3 Å². The smallest absolute Gasteiger partial charge is 0.272 e. The maximum Gasteiger partial charge on any atom is 0.272 e. The van der Waals surface area contributed by atoms with E-state index >= 15 is 0 Å². The lowest BCUT2D eigenvalue weighted by Gasteiger charge is -2.29. The van der Waals surface area contributed by atoms with Crippen LogP contribution in [0.25, 0.3) is 16.9 Å². The minimum atomic E-state index is -0.0734. The molecule has 34 heavy (non-hydrogen) atoms. The van der Waals surface area contributed by atoms with Gasteiger partial charge in [0.05, 0.1) is 25.6 Å². The van der Waals surface area contributed by atoms with Crippen LogP contribution in [-0.2, 0) is 13.0 Å². The second-order valence-corrected chi connectivity index (χ2v) is 8.55. The van der Waals surface area contributed by atoms with Crippen molar-refractivity contribution >= 4 is 17.5 Å². The zero-order valence-corrected chi connectivity index (χ0v) is 19.7. The molecule has 3 aromatic carbocycles. The van der Waals surface area contributed by atoms with Crippen LogP contribution in [0.4, 0.5) is 0 Å². The van der Waals surface area contributed by atoms with E-state index in [4.69, 9.17) is 26.2 Å². The number of nitrogens with zero attached hydrogens (tertiary/aromatic N) is 3. The fraction of sp³-hybridized carbons (Fsp3) is 0.185. The SMILES string of the molecule is COc1ccc(-c2cc(C(=O)N3CCc4ccccc4C3)n(-c3ccc(Cl)cc3)n2)c(OC)c1. The second-order valence-electron chi connectivity index (χ2n) is 8.11. The lowest BCUT2D eigenvalue weighted by Crippen LogP contribution is -2.37. The van der Waals surface area contributed by atoms with Crippen LogP contribution in [-0.4, -0.2) is 41.4 Å². The Kier molecular flexibility index (Phi) is 5.99. The van der Waals surface area contributed by atoms with E-state index in [0.717, 1.165) is 17.7 Å². The van der Waals surface area contributed by atoms with Gasteiger partial charge in [0.25, 0.3) is 5.91 Å². The lowest BCUT2D eigenvalue weighted by molar-refractivity contribution is 0.0725. The normalized spacial score (nSPS) is 12.9. The molecule has 2 heterocycles. The average Bonchev–Trinajstić information content (AvgIpc) is 3.33. The molecule has 5 rings (SSSR count). The highest BCUT2D eigenvalue weighted by Crippen LogP contribution is 2.34. The summed E-state index contributed by atoms with van der Waals surface area (Å²) in [6, 6.07) is 22.9. The first-order chi connectivity index (χ1) is 16.6. The fourth-order valence-corrected chi connectivity index (χ4v) is 4.41. The van der Waals surface area contributed by atoms with Crippen molar-refractivity contribution in [3.63, 3.8) is 0 Å². The molecule has 4 aromatic rings. The molecule has 0 aliphatic carbocycles. The van der Waals surface area contributed by atoms with Crippen LogP contribution in [0, 0.1) is 0 Å². The molecule has 0 atom stereocenters. The number of fused-ring (bicyclic) bond motifs is 1. The van der Waals surface area contributed by atoms with E-state index in [1.54, 1.807) is 37.1 Å². The first-order valence-electron chi connectivity index (χ1n) is 11.0. The van der Waals surface area contributed by atoms with E-state index in [0.29, 0.717) is 41.0 Å². The molecular formula is C27H24ClN3O3. The molecule has 0 fully saturated rings. The summed E-state index contributed by atoms with van der Waals surface area (Å²) in [4.78, 5) is 15.6. The minimum absolute atomic E-state index is 0.0734. The van der Waals surface area contributed by atoms with Gasteiger partial charge in [-0.3, -0.25) is 4.79 Å². The van der Waals surface area contributed by atoms with Gasteiger partial charge in [0.1, 0.15) is 17.2 Å². The van der Waals surface area contributed by atoms with Crippen molar-refractivity contribution in [2.45, 2.75) is 13.0 Å². The van der Waals surface area contributed by atoms with E-state index < -0.39 is 0 Å². The van der Waals surface area contributed by atoms with Crippen molar-refractivity contribution in [3.05, 3.63) is 94.6 Å². The van der Waals surface area contributed by atoms with Gasteiger partial charge in [-0.1, -0.05) is 35.9 Å². The predicted molar refractivity (Wildman–Crippen MR) is 132 cm³/mol. The van der Waals surface area contributed by atoms with Crippen molar-refractivity contribution in [1.82, 2.24) is 14.7 Å². The number of carbonyl (C=O) groups excluding carboxylic acids is 1. The Balaban J connectivity index is 1.58. The van der Waals surface area contributed by atoms with Gasteiger partial charge in [-0.2, -0.15) is 5.10 Å². The summed E-state index contributed by atoms with van der Waals surface area (Å²) < 4.78 is 12.6. The van der Waals surface area contributed by atoms with Gasteiger partial charge in [-0.25, -0.2) is 4.68 Å². The fourth-order valence-electron chi connectivity index (χ4n) is 4.29. The Morgan fingerprint density at radius 3 is 2.44 bits per heavy atom. The van der Waals surface area contributed by atoms with Crippen LogP contribution in [0.2, 0.25) is 5.02 Å². The number of hydrogen-bond donors (Lipinski definition) is 0. The largest absolute Gasteiger partial charge is 0.497 e. The summed E-state index contributed by atoms with van der Waals surface area (Å²) in [6.07, 6.45) is 0.830. The van der Waals surface area contributed by atoms with Crippen LogP contribution in [0.1, 0.15) is 21.6 Å². The maximum atomic E-state index is 13.8. The number of hydrogen-bond acceptors (Lipinski definition) is 4. The van der Waals surface area contributed by atoms with E-state index in [2.05, 4.69) is 12.1 Å². The zero-order chi connectivity index (χ0) is 23.7. The van der Waals surface area contributed by atoms with Crippen molar-refractivity contribution in [3.8, 4) is 28.4 Å². The average molecular weight is 474 g/mol. The second kappa shape index (κ2) is 9.23. The number of ether oxygens (including phenoxy) is 2. The molecule has 6 nitrogen and oxygen atoms in total. The molecule has 7 heteroatoms. The van der Waals surface area contributed by atoms with Crippen LogP contribution in [0.3, 0.4) is 0 Å². The number of rotatable bonds is 5. The summed E-state index contributed by atoms with van der Waals surface area (Å²) in [5.74, 6) is 1.22. The minimum Gasteiger partial charge on any atom is -0.497 e. The summed E-state index contributed by atoms with van der Waals surface area (Å²) in [7, 11) is 3.21. The van der Waals surface area contributed by atoms with Crippen molar-refractivity contribution in [2.24, 2.45) is 0 Å². The molecule has 0 bridgehead atoms. The van der Waals surface area contributed by atoms with Crippen LogP contribution in [0.5, 0.6) is 11.5 Å². The molecule has 1 aliphatic heterocycles. The molecule has 0 saturated heterocycles. The van der Waals surface area contributed by atoms with Crippen molar-refractivity contribution in [2.75, 3.05) is 20.8 Å². The standard InChI is InChI=1S/C27H24ClN3O3/c1-33-22-11-12-23(26(15-22)34-2)24-16-25(31(29-24)21-9-7-20(28)8-10-21)27(32)30-14-13-18-5-3-4-6-19(18)17-30/h3-12,15-16H,13-14,17H2,1-2H3.